The highest BCUT2D eigenvalue weighted by atomic mass is 32.1. The van der Waals surface area contributed by atoms with E-state index in [4.69, 9.17) is 10.3 Å². The first-order valence-electron chi connectivity index (χ1n) is 6.44. The molecule has 94 valence electrons. The van der Waals surface area contributed by atoms with E-state index >= 15 is 0 Å². The van der Waals surface area contributed by atoms with Crippen molar-refractivity contribution in [1.29, 1.82) is 0 Å². The predicted octanol–water partition coefficient (Wildman–Crippen LogP) is 2.64. The van der Waals surface area contributed by atoms with Crippen LogP contribution >= 0.6 is 11.3 Å². The first-order chi connectivity index (χ1) is 8.83. The van der Waals surface area contributed by atoms with Crippen molar-refractivity contribution in [3.63, 3.8) is 0 Å². The van der Waals surface area contributed by atoms with Gasteiger partial charge in [0.1, 0.15) is 0 Å². The quantitative estimate of drug-likeness (QED) is 0.902. The van der Waals surface area contributed by atoms with Crippen LogP contribution in [0.25, 0.3) is 11.4 Å². The molecule has 2 saturated carbocycles. The van der Waals surface area contributed by atoms with Crippen LogP contribution in [-0.4, -0.2) is 16.2 Å². The standard InChI is InChI=1S/C13H15N3OS/c14-11-8-2-1-7(5-8)10(11)13-15-12(16-17-13)9-3-4-18-6-9/h3-4,6-8,10-11H,1-2,5,14H2. The topological polar surface area (TPSA) is 64.9 Å². The summed E-state index contributed by atoms with van der Waals surface area (Å²) in [7, 11) is 0. The van der Waals surface area contributed by atoms with Gasteiger partial charge in [-0.2, -0.15) is 16.3 Å². The highest BCUT2D eigenvalue weighted by molar-refractivity contribution is 7.08. The fraction of sp³-hybridized carbons (Fsp3) is 0.538. The molecule has 2 N–H and O–H groups in total. The Morgan fingerprint density at radius 3 is 2.94 bits per heavy atom. The number of nitrogens with zero attached hydrogens (tertiary/aromatic N) is 2. The van der Waals surface area contributed by atoms with Crippen molar-refractivity contribution in [3.05, 3.63) is 22.7 Å². The fourth-order valence-electron chi connectivity index (χ4n) is 3.58. The molecule has 0 amide bonds. The van der Waals surface area contributed by atoms with E-state index in [1.807, 2.05) is 16.8 Å². The number of rotatable bonds is 2. The molecule has 2 aromatic rings. The molecule has 2 aliphatic carbocycles. The summed E-state index contributed by atoms with van der Waals surface area (Å²) in [5, 5.41) is 8.15. The molecular weight excluding hydrogens is 246 g/mol. The van der Waals surface area contributed by atoms with Crippen LogP contribution in [0.15, 0.2) is 21.3 Å². The number of aromatic nitrogens is 2. The Morgan fingerprint density at radius 1 is 1.33 bits per heavy atom. The highest BCUT2D eigenvalue weighted by Gasteiger charge is 2.48. The predicted molar refractivity (Wildman–Crippen MR) is 69.2 cm³/mol. The molecule has 2 heterocycles. The molecule has 2 aromatic heterocycles. The zero-order valence-corrected chi connectivity index (χ0v) is 10.8. The molecule has 0 aliphatic heterocycles. The van der Waals surface area contributed by atoms with Gasteiger partial charge in [-0.25, -0.2) is 0 Å². The van der Waals surface area contributed by atoms with Crippen LogP contribution < -0.4 is 5.73 Å². The van der Waals surface area contributed by atoms with Gasteiger partial charge in [0.15, 0.2) is 0 Å². The van der Waals surface area contributed by atoms with Gasteiger partial charge in [-0.1, -0.05) is 5.16 Å². The largest absolute Gasteiger partial charge is 0.339 e. The maximum absolute atomic E-state index is 6.30. The van der Waals surface area contributed by atoms with Gasteiger partial charge in [0.05, 0.1) is 5.92 Å². The maximum Gasteiger partial charge on any atom is 0.231 e. The van der Waals surface area contributed by atoms with E-state index in [1.54, 1.807) is 11.3 Å². The molecule has 2 bridgehead atoms. The van der Waals surface area contributed by atoms with Crippen LogP contribution in [0.3, 0.4) is 0 Å². The first-order valence-corrected chi connectivity index (χ1v) is 7.39. The third kappa shape index (κ3) is 1.47. The molecule has 0 aromatic carbocycles. The number of fused-ring (bicyclic) bond motifs is 2. The van der Waals surface area contributed by atoms with E-state index in [1.165, 1.54) is 19.3 Å². The monoisotopic (exact) mass is 261 g/mol. The Labute approximate surface area is 109 Å². The van der Waals surface area contributed by atoms with Gasteiger partial charge in [0.25, 0.3) is 0 Å². The summed E-state index contributed by atoms with van der Waals surface area (Å²) in [6, 6.07) is 2.22. The van der Waals surface area contributed by atoms with Gasteiger partial charge in [-0.3, -0.25) is 0 Å². The van der Waals surface area contributed by atoms with E-state index in [9.17, 15) is 0 Å². The lowest BCUT2D eigenvalue weighted by Crippen LogP contribution is -2.34. The number of hydrogen-bond donors (Lipinski definition) is 1. The number of thiophene rings is 1. The van der Waals surface area contributed by atoms with Crippen molar-refractivity contribution in [2.45, 2.75) is 31.2 Å². The zero-order valence-electron chi connectivity index (χ0n) is 9.95. The molecule has 0 spiro atoms. The zero-order chi connectivity index (χ0) is 12.1. The molecule has 4 unspecified atom stereocenters. The highest BCUT2D eigenvalue weighted by Crippen LogP contribution is 2.51. The average Bonchev–Trinajstić information content (AvgIpc) is 3.13. The average molecular weight is 261 g/mol. The summed E-state index contributed by atoms with van der Waals surface area (Å²) >= 11 is 1.64. The van der Waals surface area contributed by atoms with Crippen LogP contribution in [0.1, 0.15) is 31.1 Å². The molecular formula is C13H15N3OS. The Kier molecular flexibility index (Phi) is 2.32. The van der Waals surface area contributed by atoms with Crippen LogP contribution in [-0.2, 0) is 0 Å². The van der Waals surface area contributed by atoms with Gasteiger partial charge in [0, 0.05) is 17.0 Å². The van der Waals surface area contributed by atoms with E-state index in [0.29, 0.717) is 17.7 Å². The lowest BCUT2D eigenvalue weighted by molar-refractivity contribution is 0.279. The van der Waals surface area contributed by atoms with Crippen molar-refractivity contribution in [3.8, 4) is 11.4 Å². The van der Waals surface area contributed by atoms with Gasteiger partial charge in [0.2, 0.25) is 11.7 Å². The summed E-state index contributed by atoms with van der Waals surface area (Å²) in [5.41, 5.74) is 7.33. The molecule has 0 saturated heterocycles. The minimum atomic E-state index is 0.208. The van der Waals surface area contributed by atoms with Crippen LogP contribution in [0.2, 0.25) is 0 Å². The van der Waals surface area contributed by atoms with E-state index in [-0.39, 0.29) is 12.0 Å². The Bertz CT molecular complexity index is 548. The number of nitrogens with two attached hydrogens (primary N) is 1. The molecule has 2 fully saturated rings. The van der Waals surface area contributed by atoms with Gasteiger partial charge >= 0.3 is 0 Å². The smallest absolute Gasteiger partial charge is 0.231 e. The molecule has 4 rings (SSSR count). The minimum absolute atomic E-state index is 0.208. The third-order valence-electron chi connectivity index (χ3n) is 4.49. The molecule has 2 aliphatic rings. The van der Waals surface area contributed by atoms with E-state index in [2.05, 4.69) is 10.1 Å². The van der Waals surface area contributed by atoms with Crippen LogP contribution in [0, 0.1) is 11.8 Å². The van der Waals surface area contributed by atoms with Crippen LogP contribution in [0.4, 0.5) is 0 Å². The SMILES string of the molecule is NC1C2CCC(C2)C1c1nc(-c2ccsc2)no1. The fourth-order valence-corrected chi connectivity index (χ4v) is 4.22. The van der Waals surface area contributed by atoms with E-state index in [0.717, 1.165) is 11.5 Å². The molecule has 5 heteroatoms. The Hall–Kier alpha value is -1.20. The van der Waals surface area contributed by atoms with Gasteiger partial charge in [-0.05, 0) is 42.5 Å². The van der Waals surface area contributed by atoms with Crippen molar-refractivity contribution in [2.24, 2.45) is 17.6 Å². The second-order valence-electron chi connectivity index (χ2n) is 5.40. The first kappa shape index (κ1) is 10.7. The number of hydrogen-bond acceptors (Lipinski definition) is 5. The summed E-state index contributed by atoms with van der Waals surface area (Å²) in [6.45, 7) is 0. The van der Waals surface area contributed by atoms with Gasteiger partial charge < -0.3 is 10.3 Å². The second kappa shape index (κ2) is 3.90. The molecule has 4 atom stereocenters. The van der Waals surface area contributed by atoms with Crippen molar-refractivity contribution in [1.82, 2.24) is 10.1 Å². The second-order valence-corrected chi connectivity index (χ2v) is 6.18. The Balaban J connectivity index is 1.66. The molecule has 18 heavy (non-hydrogen) atoms. The third-order valence-corrected chi connectivity index (χ3v) is 5.17. The van der Waals surface area contributed by atoms with Crippen molar-refractivity contribution < 1.29 is 4.52 Å². The van der Waals surface area contributed by atoms with Crippen LogP contribution in [0.5, 0.6) is 0 Å². The molecule has 0 radical (unpaired) electrons. The summed E-state index contributed by atoms with van der Waals surface area (Å²) in [5.74, 6) is 3.04. The normalized spacial score (nSPS) is 34.3. The summed E-state index contributed by atoms with van der Waals surface area (Å²) in [4.78, 5) is 4.55. The summed E-state index contributed by atoms with van der Waals surface area (Å²) in [6.07, 6.45) is 3.77. The summed E-state index contributed by atoms with van der Waals surface area (Å²) < 4.78 is 5.46. The van der Waals surface area contributed by atoms with Gasteiger partial charge in [-0.15, -0.1) is 0 Å². The molecule has 4 nitrogen and oxygen atoms in total. The van der Waals surface area contributed by atoms with Crippen molar-refractivity contribution >= 4 is 11.3 Å². The Morgan fingerprint density at radius 2 is 2.22 bits per heavy atom. The lowest BCUT2D eigenvalue weighted by atomic mass is 9.85. The lowest BCUT2D eigenvalue weighted by Gasteiger charge is -2.24. The van der Waals surface area contributed by atoms with Crippen molar-refractivity contribution in [2.75, 3.05) is 0 Å². The van der Waals surface area contributed by atoms with E-state index < -0.39 is 0 Å². The minimum Gasteiger partial charge on any atom is -0.339 e. The maximum atomic E-state index is 6.30.